The average molecular weight is 362 g/mol. The fraction of sp³-hybridized carbons (Fsp3) is 0.235. The van der Waals surface area contributed by atoms with Gasteiger partial charge >= 0.3 is 5.76 Å². The number of rotatable bonds is 5. The van der Waals surface area contributed by atoms with Crippen molar-refractivity contribution in [1.29, 1.82) is 0 Å². The first-order chi connectivity index (χ1) is 11.8. The molecule has 0 aliphatic carbocycles. The van der Waals surface area contributed by atoms with Crippen molar-refractivity contribution in [2.24, 2.45) is 7.05 Å². The van der Waals surface area contributed by atoms with Crippen molar-refractivity contribution in [3.05, 3.63) is 59.1 Å². The molecular weight excluding hydrogens is 344 g/mol. The molecule has 132 valence electrons. The normalized spacial score (nSPS) is 13.1. The van der Waals surface area contributed by atoms with E-state index in [4.69, 9.17) is 4.42 Å². The minimum atomic E-state index is -3.94. The van der Waals surface area contributed by atoms with Gasteiger partial charge in [0.15, 0.2) is 5.58 Å². The van der Waals surface area contributed by atoms with Crippen molar-refractivity contribution >= 4 is 26.8 Å². The van der Waals surface area contributed by atoms with Crippen molar-refractivity contribution in [2.45, 2.75) is 17.9 Å². The molecule has 8 heteroatoms. The van der Waals surface area contributed by atoms with Crippen LogP contribution in [0, 0.1) is 0 Å². The Kier molecular flexibility index (Phi) is 4.40. The van der Waals surface area contributed by atoms with Gasteiger partial charge in [0.05, 0.1) is 28.7 Å². The number of sulfonamides is 1. The minimum Gasteiger partial charge on any atom is -0.408 e. The summed E-state index contributed by atoms with van der Waals surface area (Å²) in [6, 6.07) is 12.8. The van der Waals surface area contributed by atoms with E-state index in [1.165, 1.54) is 29.7 Å². The number of aliphatic hydroxyl groups is 1. The van der Waals surface area contributed by atoms with Gasteiger partial charge in [-0.05, 0) is 31.2 Å². The minimum absolute atomic E-state index is 0.0150. The molecule has 0 fully saturated rings. The molecule has 0 aliphatic heterocycles. The van der Waals surface area contributed by atoms with E-state index in [2.05, 4.69) is 0 Å². The molecule has 0 saturated heterocycles. The lowest BCUT2D eigenvalue weighted by Crippen LogP contribution is -2.36. The van der Waals surface area contributed by atoms with E-state index < -0.39 is 21.9 Å². The van der Waals surface area contributed by atoms with Crippen LogP contribution in [0.4, 0.5) is 5.69 Å². The first-order valence-electron chi connectivity index (χ1n) is 7.66. The molecule has 2 aromatic carbocycles. The second-order valence-corrected chi connectivity index (χ2v) is 7.64. The predicted octanol–water partition coefficient (Wildman–Crippen LogP) is 1.71. The van der Waals surface area contributed by atoms with Crippen LogP contribution in [0.15, 0.2) is 62.6 Å². The summed E-state index contributed by atoms with van der Waals surface area (Å²) in [6.45, 7) is 1.42. The summed E-state index contributed by atoms with van der Waals surface area (Å²) >= 11 is 0. The molecule has 1 unspecified atom stereocenters. The molecule has 0 bridgehead atoms. The maximum absolute atomic E-state index is 13.1. The van der Waals surface area contributed by atoms with Gasteiger partial charge in [-0.15, -0.1) is 0 Å². The number of aromatic nitrogens is 1. The van der Waals surface area contributed by atoms with Crippen molar-refractivity contribution in [3.63, 3.8) is 0 Å². The van der Waals surface area contributed by atoms with Gasteiger partial charge in [0.25, 0.3) is 10.0 Å². The van der Waals surface area contributed by atoms with E-state index in [0.717, 1.165) is 4.31 Å². The third kappa shape index (κ3) is 3.18. The highest BCUT2D eigenvalue weighted by Gasteiger charge is 2.27. The van der Waals surface area contributed by atoms with Crippen LogP contribution in [0.1, 0.15) is 6.92 Å². The number of fused-ring (bicyclic) bond motifs is 1. The summed E-state index contributed by atoms with van der Waals surface area (Å²) in [6.07, 6.45) is -0.853. The third-order valence-corrected chi connectivity index (χ3v) is 5.62. The van der Waals surface area contributed by atoms with Gasteiger partial charge in [0.2, 0.25) is 0 Å². The molecule has 25 heavy (non-hydrogen) atoms. The number of hydrogen-bond acceptors (Lipinski definition) is 5. The summed E-state index contributed by atoms with van der Waals surface area (Å²) in [4.78, 5) is 11.6. The number of oxazole rings is 1. The fourth-order valence-corrected chi connectivity index (χ4v) is 4.14. The number of anilines is 1. The smallest absolute Gasteiger partial charge is 0.408 e. The molecule has 1 atom stereocenters. The Morgan fingerprint density at radius 1 is 1.20 bits per heavy atom. The Hall–Kier alpha value is -2.58. The molecular formula is C17H18N2O5S. The van der Waals surface area contributed by atoms with Crippen molar-refractivity contribution in [2.75, 3.05) is 10.8 Å². The van der Waals surface area contributed by atoms with Gasteiger partial charge < -0.3 is 9.52 Å². The van der Waals surface area contributed by atoms with Crippen LogP contribution in [0.3, 0.4) is 0 Å². The standard InChI is InChI=1S/C17H18N2O5S/c1-12(20)11-19(13-6-4-3-5-7-13)25(22,23)14-8-9-15-16(10-14)24-17(21)18(15)2/h3-10,12,20H,11H2,1-2H3. The third-order valence-electron chi connectivity index (χ3n) is 3.83. The van der Waals surface area contributed by atoms with E-state index >= 15 is 0 Å². The summed E-state index contributed by atoms with van der Waals surface area (Å²) in [7, 11) is -2.39. The van der Waals surface area contributed by atoms with E-state index in [9.17, 15) is 18.3 Å². The molecule has 7 nitrogen and oxygen atoms in total. The second-order valence-electron chi connectivity index (χ2n) is 5.78. The van der Waals surface area contributed by atoms with Crippen LogP contribution in [0.2, 0.25) is 0 Å². The zero-order valence-electron chi connectivity index (χ0n) is 13.8. The number of hydrogen-bond donors (Lipinski definition) is 1. The zero-order chi connectivity index (χ0) is 18.2. The lowest BCUT2D eigenvalue weighted by Gasteiger charge is -2.25. The van der Waals surface area contributed by atoms with Crippen LogP contribution in [0.25, 0.3) is 11.1 Å². The Bertz CT molecular complexity index is 1050. The van der Waals surface area contributed by atoms with Gasteiger partial charge in [0, 0.05) is 13.1 Å². The summed E-state index contributed by atoms with van der Waals surface area (Å²) in [5.41, 5.74) is 1.14. The predicted molar refractivity (Wildman–Crippen MR) is 94.1 cm³/mol. The molecule has 1 aromatic heterocycles. The maximum Gasteiger partial charge on any atom is 0.419 e. The van der Waals surface area contributed by atoms with Crippen LogP contribution in [-0.2, 0) is 17.1 Å². The monoisotopic (exact) mass is 362 g/mol. The quantitative estimate of drug-likeness (QED) is 0.746. The average Bonchev–Trinajstić information content (AvgIpc) is 2.87. The highest BCUT2D eigenvalue weighted by molar-refractivity contribution is 7.92. The van der Waals surface area contributed by atoms with E-state index in [1.807, 2.05) is 0 Å². The lowest BCUT2D eigenvalue weighted by molar-refractivity contribution is 0.204. The Balaban J connectivity index is 2.13. The van der Waals surface area contributed by atoms with E-state index in [1.54, 1.807) is 37.4 Å². The van der Waals surface area contributed by atoms with Gasteiger partial charge in [-0.2, -0.15) is 0 Å². The molecule has 0 amide bonds. The number of nitrogens with zero attached hydrogens (tertiary/aromatic N) is 2. The molecule has 1 N–H and O–H groups in total. The molecule has 0 aliphatic rings. The maximum atomic E-state index is 13.1. The van der Waals surface area contributed by atoms with Crippen molar-refractivity contribution in [3.8, 4) is 0 Å². The van der Waals surface area contributed by atoms with Crippen LogP contribution in [0.5, 0.6) is 0 Å². The van der Waals surface area contributed by atoms with Gasteiger partial charge in [-0.25, -0.2) is 13.2 Å². The SMILES string of the molecule is CC(O)CN(c1ccccc1)S(=O)(=O)c1ccc2c(c1)oc(=O)n2C. The molecule has 0 saturated carbocycles. The summed E-state index contributed by atoms with van der Waals surface area (Å²) in [5.74, 6) is -0.562. The number of para-hydroxylation sites is 1. The molecule has 3 aromatic rings. The molecule has 0 spiro atoms. The van der Waals surface area contributed by atoms with Gasteiger partial charge in [-0.1, -0.05) is 18.2 Å². The fourth-order valence-electron chi connectivity index (χ4n) is 2.58. The molecule has 0 radical (unpaired) electrons. The second kappa shape index (κ2) is 6.38. The highest BCUT2D eigenvalue weighted by atomic mass is 32.2. The topological polar surface area (TPSA) is 92.8 Å². The van der Waals surface area contributed by atoms with Gasteiger partial charge in [0.1, 0.15) is 0 Å². The van der Waals surface area contributed by atoms with Crippen molar-refractivity contribution < 1.29 is 17.9 Å². The first-order valence-corrected chi connectivity index (χ1v) is 9.10. The Labute approximate surface area is 144 Å². The lowest BCUT2D eigenvalue weighted by atomic mass is 10.3. The van der Waals surface area contributed by atoms with Crippen LogP contribution < -0.4 is 10.1 Å². The molecule has 1 heterocycles. The van der Waals surface area contributed by atoms with Crippen molar-refractivity contribution in [1.82, 2.24) is 4.57 Å². The Morgan fingerprint density at radius 3 is 2.52 bits per heavy atom. The number of benzene rings is 2. The molecule has 3 rings (SSSR count). The first kappa shape index (κ1) is 17.2. The highest BCUT2D eigenvalue weighted by Crippen LogP contribution is 2.26. The summed E-state index contributed by atoms with van der Waals surface area (Å²) < 4.78 is 33.7. The Morgan fingerprint density at radius 2 is 1.88 bits per heavy atom. The number of aliphatic hydroxyl groups excluding tert-OH is 1. The summed E-state index contributed by atoms with van der Waals surface area (Å²) in [5, 5.41) is 9.74. The largest absolute Gasteiger partial charge is 0.419 e. The van der Waals surface area contributed by atoms with Crippen LogP contribution >= 0.6 is 0 Å². The van der Waals surface area contributed by atoms with E-state index in [0.29, 0.717) is 11.2 Å². The zero-order valence-corrected chi connectivity index (χ0v) is 14.6. The van der Waals surface area contributed by atoms with Gasteiger partial charge in [-0.3, -0.25) is 8.87 Å². The van der Waals surface area contributed by atoms with E-state index in [-0.39, 0.29) is 17.0 Å². The number of aryl methyl sites for hydroxylation is 1. The van der Waals surface area contributed by atoms with Crippen LogP contribution in [-0.4, -0.2) is 30.7 Å².